The van der Waals surface area contributed by atoms with Gasteiger partial charge < -0.3 is 4.90 Å². The number of amides is 2. The van der Waals surface area contributed by atoms with Crippen LogP contribution in [0.3, 0.4) is 0 Å². The van der Waals surface area contributed by atoms with Crippen LogP contribution >= 0.6 is 11.3 Å². The summed E-state index contributed by atoms with van der Waals surface area (Å²) in [4.78, 5) is 37.3. The molecule has 154 valence electrons. The molecule has 0 spiro atoms. The van der Waals surface area contributed by atoms with Gasteiger partial charge in [0.05, 0.1) is 12.0 Å². The second kappa shape index (κ2) is 8.23. The molecular weight excluding hydrogens is 398 g/mol. The number of anilines is 2. The molecule has 3 aromatic rings. The highest BCUT2D eigenvalue weighted by atomic mass is 32.1. The van der Waals surface area contributed by atoms with Crippen molar-refractivity contribution < 1.29 is 9.59 Å². The van der Waals surface area contributed by atoms with Crippen molar-refractivity contribution in [3.8, 4) is 0 Å². The van der Waals surface area contributed by atoms with Crippen LogP contribution in [0.25, 0.3) is 0 Å². The van der Waals surface area contributed by atoms with Gasteiger partial charge >= 0.3 is 0 Å². The van der Waals surface area contributed by atoms with Crippen molar-refractivity contribution in [2.45, 2.75) is 33.2 Å². The van der Waals surface area contributed by atoms with E-state index in [4.69, 9.17) is 0 Å². The second-order valence-electron chi connectivity index (χ2n) is 7.46. The van der Waals surface area contributed by atoms with Crippen LogP contribution in [0.4, 0.5) is 11.6 Å². The number of thiophene rings is 1. The molecule has 2 N–H and O–H groups in total. The van der Waals surface area contributed by atoms with Crippen LogP contribution in [0.1, 0.15) is 34.3 Å². The van der Waals surface area contributed by atoms with Crippen LogP contribution in [0.15, 0.2) is 47.8 Å². The first-order valence-corrected chi connectivity index (χ1v) is 10.6. The lowest BCUT2D eigenvalue weighted by Gasteiger charge is -2.27. The van der Waals surface area contributed by atoms with E-state index in [0.29, 0.717) is 5.95 Å². The first-order chi connectivity index (χ1) is 14.4. The average Bonchev–Trinajstić information content (AvgIpc) is 3.34. The topological polar surface area (TPSA) is 87.2 Å². The van der Waals surface area contributed by atoms with E-state index < -0.39 is 5.92 Å². The molecule has 30 heavy (non-hydrogen) atoms. The van der Waals surface area contributed by atoms with Crippen LogP contribution < -0.4 is 15.8 Å². The number of nitrogens with zero attached hydrogens (tertiary/aromatic N) is 3. The van der Waals surface area contributed by atoms with Gasteiger partial charge in [0, 0.05) is 28.4 Å². The first-order valence-electron chi connectivity index (χ1n) is 9.72. The highest BCUT2D eigenvalue weighted by Crippen LogP contribution is 2.43. The zero-order valence-corrected chi connectivity index (χ0v) is 17.9. The van der Waals surface area contributed by atoms with E-state index in [-0.39, 0.29) is 24.3 Å². The van der Waals surface area contributed by atoms with Gasteiger partial charge in [-0.2, -0.15) is 0 Å². The third-order valence-electron chi connectivity index (χ3n) is 5.09. The molecule has 7 nitrogen and oxygen atoms in total. The molecule has 2 atom stereocenters. The molecule has 0 bridgehead atoms. The van der Waals surface area contributed by atoms with E-state index in [1.165, 1.54) is 0 Å². The summed E-state index contributed by atoms with van der Waals surface area (Å²) in [7, 11) is 0. The number of aromatic nitrogens is 2. The molecule has 2 aromatic heterocycles. The third-order valence-corrected chi connectivity index (χ3v) is 6.03. The van der Waals surface area contributed by atoms with E-state index in [0.717, 1.165) is 27.5 Å². The monoisotopic (exact) mass is 421 g/mol. The lowest BCUT2D eigenvalue weighted by atomic mass is 9.98. The van der Waals surface area contributed by atoms with Crippen LogP contribution in [0.5, 0.6) is 0 Å². The molecule has 1 aliphatic rings. The first kappa shape index (κ1) is 20.0. The number of carbonyl (C=O) groups is 2. The van der Waals surface area contributed by atoms with Crippen LogP contribution in [-0.4, -0.2) is 21.8 Å². The molecule has 0 aliphatic carbocycles. The molecule has 1 aliphatic heterocycles. The predicted octanol–water partition coefficient (Wildman–Crippen LogP) is 3.70. The van der Waals surface area contributed by atoms with Gasteiger partial charge in [-0.1, -0.05) is 23.8 Å². The summed E-state index contributed by atoms with van der Waals surface area (Å²) in [6.07, 6.45) is 0.137. The number of carbonyl (C=O) groups excluding carboxylic acids is 2. The number of nitrogens with one attached hydrogen (secondary N) is 2. The van der Waals surface area contributed by atoms with Crippen molar-refractivity contribution in [2.24, 2.45) is 5.92 Å². The minimum atomic E-state index is -0.532. The molecule has 1 aromatic carbocycles. The van der Waals surface area contributed by atoms with Gasteiger partial charge in [-0.3, -0.25) is 20.4 Å². The zero-order valence-electron chi connectivity index (χ0n) is 17.0. The van der Waals surface area contributed by atoms with Gasteiger partial charge in [-0.25, -0.2) is 9.97 Å². The Balaban J connectivity index is 1.59. The zero-order chi connectivity index (χ0) is 21.3. The van der Waals surface area contributed by atoms with Gasteiger partial charge in [0.2, 0.25) is 17.8 Å². The van der Waals surface area contributed by atoms with Crippen LogP contribution in [-0.2, 0) is 9.59 Å². The molecule has 0 radical (unpaired) electrons. The van der Waals surface area contributed by atoms with E-state index in [1.54, 1.807) is 16.2 Å². The highest BCUT2D eigenvalue weighted by molar-refractivity contribution is 7.10. The summed E-state index contributed by atoms with van der Waals surface area (Å²) >= 11 is 1.54. The minimum Gasteiger partial charge on any atom is -0.303 e. The van der Waals surface area contributed by atoms with E-state index in [9.17, 15) is 9.59 Å². The van der Waals surface area contributed by atoms with Crippen molar-refractivity contribution in [1.82, 2.24) is 15.4 Å². The summed E-state index contributed by atoms with van der Waals surface area (Å²) < 4.78 is 0. The maximum Gasteiger partial charge on any atom is 0.244 e. The molecular formula is C22H23N5O2S. The molecule has 2 unspecified atom stereocenters. The van der Waals surface area contributed by atoms with Crippen molar-refractivity contribution in [3.05, 3.63) is 69.7 Å². The standard InChI is InChI=1S/C22H23N5O2S/c1-13-6-8-16(9-7-13)27-19(28)12-17(20(27)18-5-4-10-30-18)21(29)25-26-22-23-14(2)11-15(3)24-22/h4-11,17,20H,12H2,1-3H3,(H,25,29)(H,23,24,26). The van der Waals surface area contributed by atoms with Crippen molar-refractivity contribution >= 4 is 34.8 Å². The fraction of sp³-hybridized carbons (Fsp3) is 0.273. The van der Waals surface area contributed by atoms with Gasteiger partial charge in [0.25, 0.3) is 0 Å². The highest BCUT2D eigenvalue weighted by Gasteiger charge is 2.45. The normalized spacial score (nSPS) is 18.5. The number of rotatable bonds is 5. The smallest absolute Gasteiger partial charge is 0.244 e. The van der Waals surface area contributed by atoms with Crippen molar-refractivity contribution in [1.29, 1.82) is 0 Å². The van der Waals surface area contributed by atoms with Crippen molar-refractivity contribution in [3.63, 3.8) is 0 Å². The average molecular weight is 422 g/mol. The van der Waals surface area contributed by atoms with Crippen molar-refractivity contribution in [2.75, 3.05) is 10.3 Å². The third kappa shape index (κ3) is 4.04. The SMILES string of the molecule is Cc1ccc(N2C(=O)CC(C(=O)NNc3nc(C)cc(C)n3)C2c2cccs2)cc1. The molecule has 3 heterocycles. The van der Waals surface area contributed by atoms with Gasteiger partial charge in [-0.15, -0.1) is 11.3 Å². The maximum absolute atomic E-state index is 13.1. The molecule has 1 saturated heterocycles. The molecule has 8 heteroatoms. The number of aryl methyl sites for hydroxylation is 3. The fourth-order valence-electron chi connectivity index (χ4n) is 3.76. The second-order valence-corrected chi connectivity index (χ2v) is 8.44. The lowest BCUT2D eigenvalue weighted by Crippen LogP contribution is -2.38. The van der Waals surface area contributed by atoms with E-state index in [1.807, 2.05) is 68.6 Å². The molecule has 0 saturated carbocycles. The predicted molar refractivity (Wildman–Crippen MR) is 117 cm³/mol. The summed E-state index contributed by atoms with van der Waals surface area (Å²) in [5.41, 5.74) is 9.02. The van der Waals surface area contributed by atoms with E-state index >= 15 is 0 Å². The summed E-state index contributed by atoms with van der Waals surface area (Å²) in [6.45, 7) is 5.73. The Morgan fingerprint density at radius 1 is 1.10 bits per heavy atom. The Bertz CT molecular complexity index is 1050. The van der Waals surface area contributed by atoms with Crippen LogP contribution in [0.2, 0.25) is 0 Å². The summed E-state index contributed by atoms with van der Waals surface area (Å²) in [5, 5.41) is 1.96. The van der Waals surface area contributed by atoms with Gasteiger partial charge in [-0.05, 0) is 50.4 Å². The van der Waals surface area contributed by atoms with E-state index in [2.05, 4.69) is 20.8 Å². The largest absolute Gasteiger partial charge is 0.303 e. The fourth-order valence-corrected chi connectivity index (χ4v) is 4.64. The number of hydrazine groups is 1. The van der Waals surface area contributed by atoms with Gasteiger partial charge in [0.15, 0.2) is 0 Å². The molecule has 4 rings (SSSR count). The Morgan fingerprint density at radius 2 is 1.80 bits per heavy atom. The van der Waals surface area contributed by atoms with Gasteiger partial charge in [0.1, 0.15) is 0 Å². The Morgan fingerprint density at radius 3 is 2.43 bits per heavy atom. The quantitative estimate of drug-likeness (QED) is 0.614. The Hall–Kier alpha value is -3.26. The summed E-state index contributed by atoms with van der Waals surface area (Å²) in [5.74, 6) is -0.539. The Kier molecular flexibility index (Phi) is 5.50. The Labute approximate surface area is 179 Å². The molecule has 1 fully saturated rings. The minimum absolute atomic E-state index is 0.0694. The maximum atomic E-state index is 13.1. The molecule has 2 amide bonds. The van der Waals surface area contributed by atoms with Crippen LogP contribution in [0, 0.1) is 26.7 Å². The number of benzene rings is 1. The number of hydrogen-bond donors (Lipinski definition) is 2. The lowest BCUT2D eigenvalue weighted by molar-refractivity contribution is -0.126. The summed E-state index contributed by atoms with van der Waals surface area (Å²) in [6, 6.07) is 13.2. The number of hydrogen-bond acceptors (Lipinski definition) is 6.